The Morgan fingerprint density at radius 3 is 3.00 bits per heavy atom. The Balaban J connectivity index is 2.25. The van der Waals surface area contributed by atoms with Gasteiger partial charge in [-0.25, -0.2) is 0 Å². The van der Waals surface area contributed by atoms with Crippen LogP contribution in [0.5, 0.6) is 0 Å². The lowest BCUT2D eigenvalue weighted by Gasteiger charge is -2.21. The van der Waals surface area contributed by atoms with E-state index < -0.39 is 0 Å². The molecule has 3 unspecified atom stereocenters. The Morgan fingerprint density at radius 2 is 2.33 bits per heavy atom. The smallest absolute Gasteiger partial charge is 0.143 e. The van der Waals surface area contributed by atoms with Crippen LogP contribution in [0.15, 0.2) is 36.0 Å². The summed E-state index contributed by atoms with van der Waals surface area (Å²) in [5.41, 5.74) is 1.18. The average molecular weight is 204 g/mol. The van der Waals surface area contributed by atoms with Gasteiger partial charge in [0.2, 0.25) is 0 Å². The molecular weight excluding hydrogens is 188 g/mol. The summed E-state index contributed by atoms with van der Waals surface area (Å²) in [4.78, 5) is 11.7. The van der Waals surface area contributed by atoms with Crippen LogP contribution in [0.3, 0.4) is 0 Å². The molecule has 1 fully saturated rings. The van der Waals surface area contributed by atoms with Crippen LogP contribution >= 0.6 is 0 Å². The average Bonchev–Trinajstić information content (AvgIpc) is 2.56. The van der Waals surface area contributed by atoms with Crippen molar-refractivity contribution in [3.63, 3.8) is 0 Å². The maximum Gasteiger partial charge on any atom is 0.143 e. The summed E-state index contributed by atoms with van der Waals surface area (Å²) >= 11 is 0. The topological polar surface area (TPSA) is 26.3 Å². The van der Waals surface area contributed by atoms with Crippen molar-refractivity contribution in [3.05, 3.63) is 36.0 Å². The van der Waals surface area contributed by atoms with Gasteiger partial charge in [-0.2, -0.15) is 0 Å². The van der Waals surface area contributed by atoms with E-state index in [0.717, 1.165) is 0 Å². The molecule has 1 saturated carbocycles. The number of rotatable bonds is 2. The molecule has 2 aliphatic carbocycles. The SMILES string of the molecule is C/C=C\C1=CC2C(OC)CC(=O)C2C=C1. The van der Waals surface area contributed by atoms with Crippen LogP contribution in [0, 0.1) is 11.8 Å². The van der Waals surface area contributed by atoms with Crippen molar-refractivity contribution in [1.82, 2.24) is 0 Å². The van der Waals surface area contributed by atoms with Gasteiger partial charge in [0.25, 0.3) is 0 Å². The van der Waals surface area contributed by atoms with E-state index in [1.165, 1.54) is 5.57 Å². The van der Waals surface area contributed by atoms with Crippen molar-refractivity contribution >= 4 is 5.78 Å². The summed E-state index contributed by atoms with van der Waals surface area (Å²) in [5.74, 6) is 0.585. The third kappa shape index (κ3) is 1.82. The second-order valence-electron chi connectivity index (χ2n) is 4.07. The molecule has 80 valence electrons. The van der Waals surface area contributed by atoms with E-state index in [-0.39, 0.29) is 17.9 Å². The second kappa shape index (κ2) is 4.15. The quantitative estimate of drug-likeness (QED) is 0.689. The molecule has 0 saturated heterocycles. The van der Waals surface area contributed by atoms with Gasteiger partial charge >= 0.3 is 0 Å². The highest BCUT2D eigenvalue weighted by Crippen LogP contribution is 2.36. The molecule has 0 amide bonds. The number of fused-ring (bicyclic) bond motifs is 1. The molecule has 0 radical (unpaired) electrons. The number of hydrogen-bond donors (Lipinski definition) is 0. The van der Waals surface area contributed by atoms with Crippen molar-refractivity contribution in [2.45, 2.75) is 19.4 Å². The van der Waals surface area contributed by atoms with E-state index in [1.807, 2.05) is 25.2 Å². The predicted molar refractivity (Wildman–Crippen MR) is 59.4 cm³/mol. The molecule has 2 aliphatic rings. The molecule has 2 nitrogen and oxygen atoms in total. The normalized spacial score (nSPS) is 34.7. The van der Waals surface area contributed by atoms with Gasteiger partial charge in [0.05, 0.1) is 6.10 Å². The third-order valence-corrected chi connectivity index (χ3v) is 3.16. The minimum atomic E-state index is 0.0453. The first kappa shape index (κ1) is 10.4. The molecule has 2 heteroatoms. The number of methoxy groups -OCH3 is 1. The number of Topliss-reactive ketones (excluding diaryl/α,β-unsaturated/α-hetero) is 1. The monoisotopic (exact) mass is 204 g/mol. The first-order valence-electron chi connectivity index (χ1n) is 5.34. The molecule has 0 aliphatic heterocycles. The number of ketones is 1. The van der Waals surface area contributed by atoms with Crippen LogP contribution in [0.4, 0.5) is 0 Å². The van der Waals surface area contributed by atoms with E-state index in [9.17, 15) is 4.79 Å². The third-order valence-electron chi connectivity index (χ3n) is 3.16. The zero-order chi connectivity index (χ0) is 10.8. The van der Waals surface area contributed by atoms with E-state index in [0.29, 0.717) is 12.2 Å². The molecule has 0 N–H and O–H groups in total. The second-order valence-corrected chi connectivity index (χ2v) is 4.07. The number of carbonyl (C=O) groups is 1. The fourth-order valence-corrected chi connectivity index (χ4v) is 2.40. The van der Waals surface area contributed by atoms with Crippen molar-refractivity contribution < 1.29 is 9.53 Å². The van der Waals surface area contributed by atoms with Gasteiger partial charge in [0, 0.05) is 25.4 Å². The number of hydrogen-bond acceptors (Lipinski definition) is 2. The van der Waals surface area contributed by atoms with Gasteiger partial charge in [-0.1, -0.05) is 30.4 Å². The van der Waals surface area contributed by atoms with E-state index >= 15 is 0 Å². The summed E-state index contributed by atoms with van der Waals surface area (Å²) in [6.45, 7) is 1.99. The summed E-state index contributed by atoms with van der Waals surface area (Å²) in [6, 6.07) is 0. The number of ether oxygens (including phenoxy) is 1. The van der Waals surface area contributed by atoms with Crippen molar-refractivity contribution in [2.24, 2.45) is 11.8 Å². The summed E-state index contributed by atoms with van der Waals surface area (Å²) in [6.07, 6.45) is 10.9. The standard InChI is InChI=1S/C13H16O2/c1-3-4-9-5-6-10-11(7-9)13(15-2)8-12(10)14/h3-7,10-11,13H,8H2,1-2H3/b4-3-. The highest BCUT2D eigenvalue weighted by atomic mass is 16.5. The summed E-state index contributed by atoms with van der Waals surface area (Å²) in [5, 5.41) is 0. The lowest BCUT2D eigenvalue weighted by atomic mass is 9.87. The maximum atomic E-state index is 11.7. The van der Waals surface area contributed by atoms with Crippen LogP contribution < -0.4 is 0 Å². The highest BCUT2D eigenvalue weighted by Gasteiger charge is 2.40. The van der Waals surface area contributed by atoms with E-state index in [1.54, 1.807) is 7.11 Å². The molecule has 0 bridgehead atoms. The summed E-state index contributed by atoms with van der Waals surface area (Å²) in [7, 11) is 1.68. The van der Waals surface area contributed by atoms with Crippen molar-refractivity contribution in [1.29, 1.82) is 0 Å². The minimum absolute atomic E-state index is 0.0453. The fourth-order valence-electron chi connectivity index (χ4n) is 2.40. The van der Waals surface area contributed by atoms with Crippen LogP contribution in [0.25, 0.3) is 0 Å². The first-order chi connectivity index (χ1) is 7.26. The van der Waals surface area contributed by atoms with Gasteiger partial charge in [0.15, 0.2) is 0 Å². The molecule has 2 rings (SSSR count). The van der Waals surface area contributed by atoms with Gasteiger partial charge in [-0.3, -0.25) is 4.79 Å². The largest absolute Gasteiger partial charge is 0.380 e. The molecule has 0 aromatic carbocycles. The zero-order valence-corrected chi connectivity index (χ0v) is 9.14. The van der Waals surface area contributed by atoms with Crippen molar-refractivity contribution in [3.8, 4) is 0 Å². The molecule has 0 heterocycles. The van der Waals surface area contributed by atoms with Crippen molar-refractivity contribution in [2.75, 3.05) is 7.11 Å². The van der Waals surface area contributed by atoms with Crippen LogP contribution in [-0.4, -0.2) is 19.0 Å². The predicted octanol–water partition coefficient (Wildman–Crippen LogP) is 2.28. The van der Waals surface area contributed by atoms with E-state index in [4.69, 9.17) is 4.74 Å². The van der Waals surface area contributed by atoms with Gasteiger partial charge in [-0.15, -0.1) is 0 Å². The lowest BCUT2D eigenvalue weighted by molar-refractivity contribution is -0.120. The van der Waals surface area contributed by atoms with E-state index in [2.05, 4.69) is 12.2 Å². The minimum Gasteiger partial charge on any atom is -0.380 e. The first-order valence-corrected chi connectivity index (χ1v) is 5.34. The summed E-state index contributed by atoms with van der Waals surface area (Å²) < 4.78 is 5.35. The number of carbonyl (C=O) groups excluding carboxylic acids is 1. The maximum absolute atomic E-state index is 11.7. The van der Waals surface area contributed by atoms with Crippen LogP contribution in [0.2, 0.25) is 0 Å². The van der Waals surface area contributed by atoms with Crippen LogP contribution in [-0.2, 0) is 9.53 Å². The molecule has 0 spiro atoms. The Morgan fingerprint density at radius 1 is 1.53 bits per heavy atom. The Hall–Kier alpha value is -1.15. The Bertz CT molecular complexity index is 350. The molecule has 15 heavy (non-hydrogen) atoms. The fraction of sp³-hybridized carbons (Fsp3) is 0.462. The number of allylic oxidation sites excluding steroid dienone is 5. The van der Waals surface area contributed by atoms with Gasteiger partial charge in [0.1, 0.15) is 5.78 Å². The molecule has 3 atom stereocenters. The van der Waals surface area contributed by atoms with Crippen LogP contribution in [0.1, 0.15) is 13.3 Å². The molecule has 0 aromatic rings. The zero-order valence-electron chi connectivity index (χ0n) is 9.14. The highest BCUT2D eigenvalue weighted by molar-refractivity contribution is 5.87. The molecule has 0 aromatic heterocycles. The van der Waals surface area contributed by atoms with Gasteiger partial charge in [-0.05, 0) is 12.5 Å². The Labute approximate surface area is 90.3 Å². The lowest BCUT2D eigenvalue weighted by Crippen LogP contribution is -2.20. The Kier molecular flexibility index (Phi) is 2.87. The molecular formula is C13H16O2. The van der Waals surface area contributed by atoms with Gasteiger partial charge < -0.3 is 4.74 Å².